The standard InChI is InChI=1S/C19H20N6O4/c1-10-14(11(2)29-24-10)7-15-17(8-20-23-15)25-18(27)16(22-19(25)28)6-12-4-3-5-13(9-26)21-12/h3-5,8,16,26H,6-7,9H2,1-2H3,(H,20,23)(H,22,28). The number of rotatable bonds is 6. The Morgan fingerprint density at radius 1 is 1.24 bits per heavy atom. The molecule has 3 aromatic heterocycles. The molecule has 0 radical (unpaired) electrons. The number of nitrogens with one attached hydrogen (secondary N) is 2. The lowest BCUT2D eigenvalue weighted by atomic mass is 10.1. The Hall–Kier alpha value is -3.53. The van der Waals surface area contributed by atoms with Crippen molar-refractivity contribution in [2.24, 2.45) is 0 Å². The van der Waals surface area contributed by atoms with Gasteiger partial charge < -0.3 is 14.9 Å². The van der Waals surface area contributed by atoms with Gasteiger partial charge >= 0.3 is 6.03 Å². The number of aliphatic hydroxyl groups excluding tert-OH is 1. The van der Waals surface area contributed by atoms with E-state index in [1.54, 1.807) is 18.2 Å². The van der Waals surface area contributed by atoms with Crippen molar-refractivity contribution in [1.29, 1.82) is 0 Å². The molecule has 1 aliphatic heterocycles. The Bertz CT molecular complexity index is 1050. The van der Waals surface area contributed by atoms with Gasteiger partial charge in [-0.2, -0.15) is 5.10 Å². The molecule has 0 saturated carbocycles. The topological polar surface area (TPSA) is 137 Å². The molecule has 1 aliphatic rings. The number of H-pyrrole nitrogens is 1. The molecule has 150 valence electrons. The highest BCUT2D eigenvalue weighted by Gasteiger charge is 2.40. The maximum absolute atomic E-state index is 13.0. The van der Waals surface area contributed by atoms with Crippen LogP contribution >= 0.6 is 0 Å². The fraction of sp³-hybridized carbons (Fsp3) is 0.316. The van der Waals surface area contributed by atoms with Crippen LogP contribution in [0.3, 0.4) is 0 Å². The summed E-state index contributed by atoms with van der Waals surface area (Å²) in [6, 6.07) is 3.94. The number of pyridine rings is 1. The molecule has 0 aromatic carbocycles. The van der Waals surface area contributed by atoms with E-state index >= 15 is 0 Å². The average Bonchev–Trinajstić information content (AvgIpc) is 3.36. The molecule has 10 heteroatoms. The zero-order valence-corrected chi connectivity index (χ0v) is 16.0. The summed E-state index contributed by atoms with van der Waals surface area (Å²) < 4.78 is 5.19. The number of aromatic nitrogens is 4. The minimum Gasteiger partial charge on any atom is -0.390 e. The maximum atomic E-state index is 13.0. The second-order valence-electron chi connectivity index (χ2n) is 6.87. The second-order valence-corrected chi connectivity index (χ2v) is 6.87. The van der Waals surface area contributed by atoms with E-state index < -0.39 is 12.1 Å². The van der Waals surface area contributed by atoms with Crippen LogP contribution in [0, 0.1) is 13.8 Å². The minimum absolute atomic E-state index is 0.189. The number of hydrogen-bond acceptors (Lipinski definition) is 7. The molecule has 1 saturated heterocycles. The highest BCUT2D eigenvalue weighted by molar-refractivity contribution is 6.21. The van der Waals surface area contributed by atoms with Crippen molar-refractivity contribution in [3.8, 4) is 0 Å². The van der Waals surface area contributed by atoms with E-state index in [4.69, 9.17) is 4.52 Å². The van der Waals surface area contributed by atoms with Gasteiger partial charge in [-0.05, 0) is 26.0 Å². The molecule has 10 nitrogen and oxygen atoms in total. The third-order valence-electron chi connectivity index (χ3n) is 4.93. The fourth-order valence-electron chi connectivity index (χ4n) is 3.40. The number of aromatic amines is 1. The smallest absolute Gasteiger partial charge is 0.329 e. The van der Waals surface area contributed by atoms with Crippen LogP contribution in [0.4, 0.5) is 10.5 Å². The third kappa shape index (κ3) is 3.49. The number of carbonyl (C=O) groups is 2. The van der Waals surface area contributed by atoms with Crippen LogP contribution in [0.25, 0.3) is 0 Å². The first kappa shape index (κ1) is 18.8. The Labute approximate surface area is 165 Å². The molecular weight excluding hydrogens is 376 g/mol. The Kier molecular flexibility index (Phi) is 4.85. The van der Waals surface area contributed by atoms with Crippen molar-refractivity contribution in [2.45, 2.75) is 39.3 Å². The zero-order valence-electron chi connectivity index (χ0n) is 16.0. The van der Waals surface area contributed by atoms with E-state index in [1.165, 1.54) is 6.20 Å². The molecule has 4 heterocycles. The average molecular weight is 396 g/mol. The predicted molar refractivity (Wildman–Crippen MR) is 101 cm³/mol. The summed E-state index contributed by atoms with van der Waals surface area (Å²) in [6.45, 7) is 3.45. The van der Waals surface area contributed by atoms with Crippen molar-refractivity contribution in [3.05, 3.63) is 58.5 Å². The monoisotopic (exact) mass is 396 g/mol. The summed E-state index contributed by atoms with van der Waals surface area (Å²) in [5, 5.41) is 22.7. The van der Waals surface area contributed by atoms with Crippen molar-refractivity contribution in [1.82, 2.24) is 25.7 Å². The number of aryl methyl sites for hydroxylation is 2. The molecule has 4 rings (SSSR count). The largest absolute Gasteiger partial charge is 0.390 e. The number of hydrogen-bond donors (Lipinski definition) is 3. The number of amides is 3. The first-order valence-electron chi connectivity index (χ1n) is 9.12. The van der Waals surface area contributed by atoms with Gasteiger partial charge in [0, 0.05) is 24.1 Å². The number of urea groups is 1. The molecule has 3 N–H and O–H groups in total. The minimum atomic E-state index is -0.745. The van der Waals surface area contributed by atoms with Crippen molar-refractivity contribution < 1.29 is 19.2 Å². The molecule has 1 unspecified atom stereocenters. The number of nitrogens with zero attached hydrogens (tertiary/aromatic N) is 4. The van der Waals surface area contributed by atoms with E-state index in [1.807, 2.05) is 13.8 Å². The number of imide groups is 1. The summed E-state index contributed by atoms with van der Waals surface area (Å²) in [5.41, 5.74) is 3.75. The molecule has 1 atom stereocenters. The first-order valence-corrected chi connectivity index (χ1v) is 9.12. The zero-order chi connectivity index (χ0) is 20.5. The summed E-state index contributed by atoms with van der Waals surface area (Å²) in [7, 11) is 0. The van der Waals surface area contributed by atoms with Crippen LogP contribution in [0.15, 0.2) is 28.9 Å². The SMILES string of the molecule is Cc1noc(C)c1Cc1[nH]ncc1N1C(=O)NC(Cc2cccc(CO)n2)C1=O. The molecule has 0 spiro atoms. The number of carbonyl (C=O) groups excluding carboxylic acids is 2. The van der Waals surface area contributed by atoms with Gasteiger partial charge in [-0.15, -0.1) is 0 Å². The van der Waals surface area contributed by atoms with Crippen molar-refractivity contribution in [3.63, 3.8) is 0 Å². The summed E-state index contributed by atoms with van der Waals surface area (Å²) in [6.07, 6.45) is 2.09. The van der Waals surface area contributed by atoms with E-state index in [0.29, 0.717) is 35.0 Å². The van der Waals surface area contributed by atoms with Crippen LogP contribution in [-0.2, 0) is 24.2 Å². The van der Waals surface area contributed by atoms with Gasteiger partial charge in [0.2, 0.25) is 0 Å². The molecular formula is C19H20N6O4. The van der Waals surface area contributed by atoms with Crippen LogP contribution in [0.1, 0.15) is 34.1 Å². The van der Waals surface area contributed by atoms with Crippen LogP contribution < -0.4 is 10.2 Å². The van der Waals surface area contributed by atoms with Crippen molar-refractivity contribution >= 4 is 17.6 Å². The summed E-state index contributed by atoms with van der Waals surface area (Å²) >= 11 is 0. The lowest BCUT2D eigenvalue weighted by Crippen LogP contribution is -2.33. The molecule has 0 bridgehead atoms. The van der Waals surface area contributed by atoms with E-state index in [2.05, 4.69) is 25.7 Å². The maximum Gasteiger partial charge on any atom is 0.329 e. The van der Waals surface area contributed by atoms with Gasteiger partial charge in [-0.3, -0.25) is 14.9 Å². The van der Waals surface area contributed by atoms with E-state index in [0.717, 1.165) is 16.2 Å². The Balaban J connectivity index is 1.56. The first-order chi connectivity index (χ1) is 14.0. The molecule has 0 aliphatic carbocycles. The van der Waals surface area contributed by atoms with Gasteiger partial charge in [-0.25, -0.2) is 9.69 Å². The fourth-order valence-corrected chi connectivity index (χ4v) is 3.40. The van der Waals surface area contributed by atoms with Gasteiger partial charge in [0.15, 0.2) is 0 Å². The quantitative estimate of drug-likeness (QED) is 0.532. The summed E-state index contributed by atoms with van der Waals surface area (Å²) in [5.74, 6) is 0.292. The van der Waals surface area contributed by atoms with Crippen LogP contribution in [0.5, 0.6) is 0 Å². The third-order valence-corrected chi connectivity index (χ3v) is 4.93. The van der Waals surface area contributed by atoms with Crippen LogP contribution in [0.2, 0.25) is 0 Å². The molecule has 1 fully saturated rings. The second kappa shape index (κ2) is 7.47. The highest BCUT2D eigenvalue weighted by Crippen LogP contribution is 2.27. The summed E-state index contributed by atoms with van der Waals surface area (Å²) in [4.78, 5) is 30.9. The van der Waals surface area contributed by atoms with Gasteiger partial charge in [-0.1, -0.05) is 11.2 Å². The number of anilines is 1. The highest BCUT2D eigenvalue weighted by atomic mass is 16.5. The van der Waals surface area contributed by atoms with Gasteiger partial charge in [0.05, 0.1) is 35.6 Å². The van der Waals surface area contributed by atoms with Crippen LogP contribution in [-0.4, -0.2) is 43.4 Å². The predicted octanol–water partition coefficient (Wildman–Crippen LogP) is 1.16. The molecule has 3 amide bonds. The lowest BCUT2D eigenvalue weighted by Gasteiger charge is -2.13. The lowest BCUT2D eigenvalue weighted by molar-refractivity contribution is -0.118. The normalized spacial score (nSPS) is 16.5. The number of aliphatic hydroxyl groups is 1. The van der Waals surface area contributed by atoms with Gasteiger partial charge in [0.1, 0.15) is 11.8 Å². The Morgan fingerprint density at radius 2 is 2.03 bits per heavy atom. The van der Waals surface area contributed by atoms with Gasteiger partial charge in [0.25, 0.3) is 5.91 Å². The Morgan fingerprint density at radius 3 is 2.76 bits per heavy atom. The molecule has 29 heavy (non-hydrogen) atoms. The van der Waals surface area contributed by atoms with Crippen molar-refractivity contribution in [2.75, 3.05) is 4.90 Å². The van der Waals surface area contributed by atoms with E-state index in [-0.39, 0.29) is 18.9 Å². The molecule has 3 aromatic rings. The van der Waals surface area contributed by atoms with E-state index in [9.17, 15) is 14.7 Å².